The van der Waals surface area contributed by atoms with Crippen molar-refractivity contribution in [1.29, 1.82) is 0 Å². The molecule has 3 nitrogen and oxygen atoms in total. The molecule has 0 amide bonds. The Labute approximate surface area is 114 Å². The monoisotopic (exact) mass is 266 g/mol. The predicted molar refractivity (Wildman–Crippen MR) is 75.9 cm³/mol. The summed E-state index contributed by atoms with van der Waals surface area (Å²) in [5, 5.41) is 13.4. The second kappa shape index (κ2) is 5.88. The number of benzene rings is 1. The molecule has 1 aromatic carbocycles. The number of nitrogens with zero attached hydrogens (tertiary/aromatic N) is 1. The van der Waals surface area contributed by atoms with Crippen LogP contribution in [0.2, 0.25) is 0 Å². The second-order valence-electron chi connectivity index (χ2n) is 5.62. The Morgan fingerprint density at radius 2 is 2.26 bits per heavy atom. The van der Waals surface area contributed by atoms with Gasteiger partial charge in [0.05, 0.1) is 5.60 Å². The summed E-state index contributed by atoms with van der Waals surface area (Å²) in [5.41, 5.74) is 1.36. The fourth-order valence-corrected chi connectivity index (χ4v) is 2.55. The summed E-state index contributed by atoms with van der Waals surface area (Å²) in [7, 11) is 0. The third kappa shape index (κ3) is 3.67. The Hall–Kier alpha value is -1.13. The van der Waals surface area contributed by atoms with Crippen molar-refractivity contribution >= 4 is 5.69 Å². The first-order valence-electron chi connectivity index (χ1n) is 6.98. The van der Waals surface area contributed by atoms with Crippen LogP contribution >= 0.6 is 0 Å². The van der Waals surface area contributed by atoms with E-state index < -0.39 is 5.60 Å². The summed E-state index contributed by atoms with van der Waals surface area (Å²) < 4.78 is 13.4. The van der Waals surface area contributed by atoms with Gasteiger partial charge in [0.25, 0.3) is 0 Å². The van der Waals surface area contributed by atoms with Gasteiger partial charge in [-0.05, 0) is 50.1 Å². The van der Waals surface area contributed by atoms with Crippen LogP contribution in [0.3, 0.4) is 0 Å². The van der Waals surface area contributed by atoms with Gasteiger partial charge in [-0.3, -0.25) is 0 Å². The highest BCUT2D eigenvalue weighted by atomic mass is 19.1. The maximum atomic E-state index is 13.4. The van der Waals surface area contributed by atoms with Gasteiger partial charge in [0, 0.05) is 25.3 Å². The van der Waals surface area contributed by atoms with Crippen LogP contribution in [0, 0.1) is 5.82 Å². The molecule has 2 N–H and O–H groups in total. The first-order valence-corrected chi connectivity index (χ1v) is 6.98. The van der Waals surface area contributed by atoms with Gasteiger partial charge in [-0.15, -0.1) is 0 Å². The molecule has 4 heteroatoms. The Balaban J connectivity index is 2.15. The molecular formula is C15H23FN2O. The SMILES string of the molecule is CCCNCc1cc(F)ccc1N1CCC(C)(O)C1. The fraction of sp³-hybridized carbons (Fsp3) is 0.600. The van der Waals surface area contributed by atoms with Crippen LogP contribution in [0.5, 0.6) is 0 Å². The Kier molecular flexibility index (Phi) is 4.42. The van der Waals surface area contributed by atoms with Crippen molar-refractivity contribution in [3.63, 3.8) is 0 Å². The third-order valence-corrected chi connectivity index (χ3v) is 3.58. The maximum Gasteiger partial charge on any atom is 0.123 e. The molecule has 1 atom stereocenters. The molecule has 1 heterocycles. The molecule has 1 saturated heterocycles. The number of anilines is 1. The molecule has 2 rings (SSSR count). The van der Waals surface area contributed by atoms with Gasteiger partial charge in [0.2, 0.25) is 0 Å². The molecule has 0 bridgehead atoms. The van der Waals surface area contributed by atoms with Crippen molar-refractivity contribution in [3.8, 4) is 0 Å². The normalized spacial score (nSPS) is 23.1. The first-order chi connectivity index (χ1) is 9.02. The zero-order valence-corrected chi connectivity index (χ0v) is 11.7. The van der Waals surface area contributed by atoms with E-state index in [-0.39, 0.29) is 5.82 Å². The molecule has 1 unspecified atom stereocenters. The highest BCUT2D eigenvalue weighted by Gasteiger charge is 2.32. The molecule has 19 heavy (non-hydrogen) atoms. The minimum absolute atomic E-state index is 0.206. The fourth-order valence-electron chi connectivity index (χ4n) is 2.55. The van der Waals surface area contributed by atoms with E-state index in [1.165, 1.54) is 6.07 Å². The number of nitrogens with one attached hydrogen (secondary N) is 1. The summed E-state index contributed by atoms with van der Waals surface area (Å²) in [4.78, 5) is 2.14. The van der Waals surface area contributed by atoms with Crippen LogP contribution in [0.4, 0.5) is 10.1 Å². The minimum Gasteiger partial charge on any atom is -0.388 e. The van der Waals surface area contributed by atoms with Gasteiger partial charge >= 0.3 is 0 Å². The smallest absolute Gasteiger partial charge is 0.123 e. The largest absolute Gasteiger partial charge is 0.388 e. The summed E-state index contributed by atoms with van der Waals surface area (Å²) >= 11 is 0. The van der Waals surface area contributed by atoms with E-state index in [9.17, 15) is 9.50 Å². The lowest BCUT2D eigenvalue weighted by atomic mass is 10.1. The van der Waals surface area contributed by atoms with Crippen molar-refractivity contribution in [2.24, 2.45) is 0 Å². The van der Waals surface area contributed by atoms with E-state index in [4.69, 9.17) is 0 Å². The van der Waals surface area contributed by atoms with E-state index in [0.717, 1.165) is 37.2 Å². The van der Waals surface area contributed by atoms with Crippen LogP contribution in [-0.2, 0) is 6.54 Å². The number of aliphatic hydroxyl groups is 1. The number of rotatable bonds is 5. The highest BCUT2D eigenvalue weighted by Crippen LogP contribution is 2.29. The molecule has 106 valence electrons. The van der Waals surface area contributed by atoms with E-state index in [0.29, 0.717) is 13.1 Å². The second-order valence-corrected chi connectivity index (χ2v) is 5.62. The number of hydrogen-bond acceptors (Lipinski definition) is 3. The number of β-amino-alcohol motifs (C(OH)–C–C–N with tert-alkyl or cyclic N) is 1. The Morgan fingerprint density at radius 1 is 1.47 bits per heavy atom. The summed E-state index contributed by atoms with van der Waals surface area (Å²) in [6.45, 7) is 6.98. The lowest BCUT2D eigenvalue weighted by Gasteiger charge is -2.23. The Morgan fingerprint density at radius 3 is 2.89 bits per heavy atom. The van der Waals surface area contributed by atoms with Gasteiger partial charge < -0.3 is 15.3 Å². The Bertz CT molecular complexity index is 434. The molecule has 0 radical (unpaired) electrons. The van der Waals surface area contributed by atoms with Crippen LogP contribution in [0.15, 0.2) is 18.2 Å². The summed E-state index contributed by atoms with van der Waals surface area (Å²) in [6.07, 6.45) is 1.81. The summed E-state index contributed by atoms with van der Waals surface area (Å²) in [5.74, 6) is -0.206. The maximum absolute atomic E-state index is 13.4. The van der Waals surface area contributed by atoms with E-state index in [2.05, 4.69) is 17.1 Å². The standard InChI is InChI=1S/C15H23FN2O/c1-3-7-17-10-12-9-13(16)4-5-14(12)18-8-6-15(2,19)11-18/h4-5,9,17,19H,3,6-8,10-11H2,1-2H3. The van der Waals surface area contributed by atoms with Crippen molar-refractivity contribution in [3.05, 3.63) is 29.6 Å². The molecule has 1 fully saturated rings. The number of halogens is 1. The average molecular weight is 266 g/mol. The van der Waals surface area contributed by atoms with Crippen LogP contribution in [-0.4, -0.2) is 30.3 Å². The molecule has 0 saturated carbocycles. The van der Waals surface area contributed by atoms with Crippen molar-refractivity contribution in [2.75, 3.05) is 24.5 Å². The molecule has 1 aromatic rings. The van der Waals surface area contributed by atoms with Gasteiger partial charge in [0.15, 0.2) is 0 Å². The first kappa shape index (κ1) is 14.3. The third-order valence-electron chi connectivity index (χ3n) is 3.58. The average Bonchev–Trinajstić information content (AvgIpc) is 2.70. The molecule has 0 spiro atoms. The van der Waals surface area contributed by atoms with Gasteiger partial charge in [-0.1, -0.05) is 6.92 Å². The van der Waals surface area contributed by atoms with E-state index >= 15 is 0 Å². The topological polar surface area (TPSA) is 35.5 Å². The van der Waals surface area contributed by atoms with Crippen molar-refractivity contribution < 1.29 is 9.50 Å². The van der Waals surface area contributed by atoms with Crippen LogP contribution < -0.4 is 10.2 Å². The van der Waals surface area contributed by atoms with Crippen LogP contribution in [0.25, 0.3) is 0 Å². The molecule has 1 aliphatic rings. The van der Waals surface area contributed by atoms with E-state index in [1.54, 1.807) is 6.07 Å². The number of hydrogen-bond donors (Lipinski definition) is 2. The lowest BCUT2D eigenvalue weighted by Crippen LogP contribution is -2.30. The van der Waals surface area contributed by atoms with Gasteiger partial charge in [-0.2, -0.15) is 0 Å². The van der Waals surface area contributed by atoms with Gasteiger partial charge in [-0.25, -0.2) is 4.39 Å². The lowest BCUT2D eigenvalue weighted by molar-refractivity contribution is 0.0839. The van der Waals surface area contributed by atoms with Crippen molar-refractivity contribution in [1.82, 2.24) is 5.32 Å². The molecular weight excluding hydrogens is 243 g/mol. The molecule has 1 aliphatic heterocycles. The zero-order chi connectivity index (χ0) is 13.9. The van der Waals surface area contributed by atoms with Crippen LogP contribution in [0.1, 0.15) is 32.3 Å². The molecule has 0 aliphatic carbocycles. The van der Waals surface area contributed by atoms with E-state index in [1.807, 2.05) is 13.0 Å². The minimum atomic E-state index is -0.636. The quantitative estimate of drug-likeness (QED) is 0.803. The van der Waals surface area contributed by atoms with Gasteiger partial charge in [0.1, 0.15) is 5.82 Å². The highest BCUT2D eigenvalue weighted by molar-refractivity contribution is 5.55. The van der Waals surface area contributed by atoms with Crippen molar-refractivity contribution in [2.45, 2.75) is 38.8 Å². The zero-order valence-electron chi connectivity index (χ0n) is 11.7. The molecule has 0 aromatic heterocycles. The summed E-state index contributed by atoms with van der Waals surface area (Å²) in [6, 6.07) is 4.90. The predicted octanol–water partition coefficient (Wildman–Crippen LogP) is 2.29.